The Hall–Kier alpha value is -0.630. The molecule has 0 bridgehead atoms. The number of ether oxygens (including phenoxy) is 1. The van der Waals surface area contributed by atoms with E-state index in [4.69, 9.17) is 4.74 Å². The lowest BCUT2D eigenvalue weighted by atomic mass is 9.99. The maximum atomic E-state index is 5.99. The summed E-state index contributed by atoms with van der Waals surface area (Å²) < 4.78 is 5.99. The zero-order valence-electron chi connectivity index (χ0n) is 11.6. The van der Waals surface area contributed by atoms with Crippen LogP contribution < -0.4 is 4.74 Å². The highest BCUT2D eigenvalue weighted by Crippen LogP contribution is 2.26. The molecule has 0 aliphatic heterocycles. The van der Waals surface area contributed by atoms with Crippen molar-refractivity contribution in [2.24, 2.45) is 11.8 Å². The van der Waals surface area contributed by atoms with Gasteiger partial charge < -0.3 is 4.74 Å². The fraction of sp³-hybridized carbons (Fsp3) is 0.600. The second kappa shape index (κ2) is 6.34. The van der Waals surface area contributed by atoms with Crippen LogP contribution in [0.25, 0.3) is 0 Å². The van der Waals surface area contributed by atoms with E-state index in [0.717, 1.165) is 18.1 Å². The van der Waals surface area contributed by atoms with Gasteiger partial charge in [0.1, 0.15) is 5.75 Å². The van der Waals surface area contributed by atoms with Gasteiger partial charge in [-0.1, -0.05) is 31.5 Å². The Balaban J connectivity index is 2.75. The number of rotatable bonds is 5. The van der Waals surface area contributed by atoms with Crippen LogP contribution in [0.4, 0.5) is 0 Å². The van der Waals surface area contributed by atoms with Gasteiger partial charge in [0, 0.05) is 5.92 Å². The molecule has 1 aromatic rings. The van der Waals surface area contributed by atoms with Crippen molar-refractivity contribution in [1.82, 2.24) is 0 Å². The minimum Gasteiger partial charge on any atom is -0.493 e. The first-order valence-corrected chi connectivity index (χ1v) is 6.90. The second-order valence-corrected chi connectivity index (χ2v) is 5.59. The lowest BCUT2D eigenvalue weighted by Gasteiger charge is -2.21. The van der Waals surface area contributed by atoms with Gasteiger partial charge in [0.25, 0.3) is 0 Å². The van der Waals surface area contributed by atoms with Crippen LogP contribution in [0.2, 0.25) is 0 Å². The molecule has 2 heteroatoms. The SMILES string of the molecule is Cc1cc(C)c(OCC(CS)C(C)C)c(C)c1. The Labute approximate surface area is 111 Å². The highest BCUT2D eigenvalue weighted by Gasteiger charge is 2.14. The van der Waals surface area contributed by atoms with Crippen LogP contribution in [-0.2, 0) is 0 Å². The number of hydrogen-bond acceptors (Lipinski definition) is 2. The molecular formula is C15H24OS. The third-order valence-corrected chi connectivity index (χ3v) is 3.69. The molecule has 1 aromatic carbocycles. The molecule has 1 rings (SSSR count). The minimum absolute atomic E-state index is 0.512. The largest absolute Gasteiger partial charge is 0.493 e. The average Bonchev–Trinajstić information content (AvgIpc) is 2.21. The molecule has 0 aliphatic carbocycles. The fourth-order valence-corrected chi connectivity index (χ4v) is 2.57. The van der Waals surface area contributed by atoms with E-state index < -0.39 is 0 Å². The molecule has 0 saturated heterocycles. The molecule has 1 atom stereocenters. The lowest BCUT2D eigenvalue weighted by Crippen LogP contribution is -2.20. The number of thiol groups is 1. The Kier molecular flexibility index (Phi) is 5.38. The molecular weight excluding hydrogens is 228 g/mol. The van der Waals surface area contributed by atoms with E-state index in [1.807, 2.05) is 0 Å². The minimum atomic E-state index is 0.512. The maximum Gasteiger partial charge on any atom is 0.125 e. The summed E-state index contributed by atoms with van der Waals surface area (Å²) in [5.74, 6) is 3.04. The van der Waals surface area contributed by atoms with Crippen molar-refractivity contribution in [2.45, 2.75) is 34.6 Å². The molecule has 1 nitrogen and oxygen atoms in total. The van der Waals surface area contributed by atoms with Crippen molar-refractivity contribution in [3.8, 4) is 5.75 Å². The molecule has 0 fully saturated rings. The first-order valence-electron chi connectivity index (χ1n) is 6.27. The standard InChI is InChI=1S/C15H24OS/c1-10(2)14(9-17)8-16-15-12(4)6-11(3)7-13(15)5/h6-7,10,14,17H,8-9H2,1-5H3. The van der Waals surface area contributed by atoms with Gasteiger partial charge in [-0.3, -0.25) is 0 Å². The molecule has 1 unspecified atom stereocenters. The van der Waals surface area contributed by atoms with Gasteiger partial charge in [0.05, 0.1) is 6.61 Å². The highest BCUT2D eigenvalue weighted by atomic mass is 32.1. The number of benzene rings is 1. The van der Waals surface area contributed by atoms with E-state index in [1.54, 1.807) is 0 Å². The molecule has 0 spiro atoms. The Morgan fingerprint density at radius 2 is 1.65 bits per heavy atom. The number of aryl methyl sites for hydroxylation is 3. The van der Waals surface area contributed by atoms with Gasteiger partial charge in [-0.15, -0.1) is 0 Å². The van der Waals surface area contributed by atoms with Gasteiger partial charge in [-0.05, 0) is 43.6 Å². The Morgan fingerprint density at radius 3 is 2.06 bits per heavy atom. The van der Waals surface area contributed by atoms with Crippen LogP contribution in [-0.4, -0.2) is 12.4 Å². The van der Waals surface area contributed by atoms with E-state index in [9.17, 15) is 0 Å². The van der Waals surface area contributed by atoms with Gasteiger partial charge in [-0.2, -0.15) is 12.6 Å². The average molecular weight is 252 g/mol. The van der Waals surface area contributed by atoms with Crippen LogP contribution in [0.1, 0.15) is 30.5 Å². The first kappa shape index (κ1) is 14.4. The molecule has 0 saturated carbocycles. The molecule has 17 heavy (non-hydrogen) atoms. The predicted octanol–water partition coefficient (Wildman–Crippen LogP) is 4.19. The van der Waals surface area contributed by atoms with Crippen LogP contribution in [0.5, 0.6) is 5.75 Å². The predicted molar refractivity (Wildman–Crippen MR) is 78.3 cm³/mol. The molecule has 0 aliphatic rings. The highest BCUT2D eigenvalue weighted by molar-refractivity contribution is 7.80. The Morgan fingerprint density at radius 1 is 1.12 bits per heavy atom. The smallest absolute Gasteiger partial charge is 0.125 e. The van der Waals surface area contributed by atoms with E-state index in [0.29, 0.717) is 11.8 Å². The van der Waals surface area contributed by atoms with Crippen molar-refractivity contribution in [2.75, 3.05) is 12.4 Å². The summed E-state index contributed by atoms with van der Waals surface area (Å²) in [6.45, 7) is 11.5. The maximum absolute atomic E-state index is 5.99. The molecule has 96 valence electrons. The second-order valence-electron chi connectivity index (χ2n) is 5.23. The fourth-order valence-electron chi connectivity index (χ4n) is 2.04. The van der Waals surface area contributed by atoms with Crippen LogP contribution in [0.3, 0.4) is 0 Å². The van der Waals surface area contributed by atoms with Crippen molar-refractivity contribution in [3.63, 3.8) is 0 Å². The summed E-state index contributed by atoms with van der Waals surface area (Å²) in [7, 11) is 0. The normalized spacial score (nSPS) is 12.9. The van der Waals surface area contributed by atoms with Crippen molar-refractivity contribution >= 4 is 12.6 Å². The van der Waals surface area contributed by atoms with Crippen LogP contribution in [0, 0.1) is 32.6 Å². The zero-order chi connectivity index (χ0) is 13.0. The summed E-state index contributed by atoms with van der Waals surface area (Å²) in [6.07, 6.45) is 0. The van der Waals surface area contributed by atoms with Crippen LogP contribution in [0.15, 0.2) is 12.1 Å². The van der Waals surface area contributed by atoms with E-state index >= 15 is 0 Å². The third kappa shape index (κ3) is 3.95. The van der Waals surface area contributed by atoms with Gasteiger partial charge >= 0.3 is 0 Å². The molecule has 0 aromatic heterocycles. The first-order chi connectivity index (χ1) is 7.95. The monoisotopic (exact) mass is 252 g/mol. The summed E-state index contributed by atoms with van der Waals surface area (Å²) in [6, 6.07) is 4.35. The zero-order valence-corrected chi connectivity index (χ0v) is 12.5. The Bertz CT molecular complexity index is 348. The lowest BCUT2D eigenvalue weighted by molar-refractivity contribution is 0.224. The summed E-state index contributed by atoms with van der Waals surface area (Å²) in [5.41, 5.74) is 3.75. The van der Waals surface area contributed by atoms with Gasteiger partial charge in [0.2, 0.25) is 0 Å². The van der Waals surface area contributed by atoms with Crippen molar-refractivity contribution in [3.05, 3.63) is 28.8 Å². The molecule has 0 heterocycles. The van der Waals surface area contributed by atoms with E-state index in [2.05, 4.69) is 59.4 Å². The third-order valence-electron chi connectivity index (χ3n) is 3.22. The molecule has 0 amide bonds. The van der Waals surface area contributed by atoms with Gasteiger partial charge in [0.15, 0.2) is 0 Å². The quantitative estimate of drug-likeness (QED) is 0.773. The van der Waals surface area contributed by atoms with Crippen LogP contribution >= 0.6 is 12.6 Å². The summed E-state index contributed by atoms with van der Waals surface area (Å²) in [5, 5.41) is 0. The van der Waals surface area contributed by atoms with Gasteiger partial charge in [-0.25, -0.2) is 0 Å². The summed E-state index contributed by atoms with van der Waals surface area (Å²) >= 11 is 4.39. The van der Waals surface area contributed by atoms with E-state index in [1.165, 1.54) is 16.7 Å². The molecule has 0 radical (unpaired) electrons. The summed E-state index contributed by atoms with van der Waals surface area (Å²) in [4.78, 5) is 0. The molecule has 0 N–H and O–H groups in total. The van der Waals surface area contributed by atoms with Crippen molar-refractivity contribution in [1.29, 1.82) is 0 Å². The van der Waals surface area contributed by atoms with E-state index in [-0.39, 0.29) is 0 Å². The topological polar surface area (TPSA) is 9.23 Å². The van der Waals surface area contributed by atoms with Crippen molar-refractivity contribution < 1.29 is 4.74 Å². The number of hydrogen-bond donors (Lipinski definition) is 1.